The monoisotopic (exact) mass is 457 g/mol. The van der Waals surface area contributed by atoms with E-state index < -0.39 is 5.95 Å². The molecule has 0 bridgehead atoms. The van der Waals surface area contributed by atoms with Crippen molar-refractivity contribution in [2.75, 3.05) is 0 Å². The molecule has 3 heterocycles. The molecule has 5 unspecified atom stereocenters. The smallest absolute Gasteiger partial charge is 0.212 e. The lowest BCUT2D eigenvalue weighted by Crippen LogP contribution is -2.40. The molecule has 1 aliphatic rings. The Balaban J connectivity index is 1.57. The van der Waals surface area contributed by atoms with E-state index in [0.717, 1.165) is 33.9 Å². The quantitative estimate of drug-likeness (QED) is 0.362. The lowest BCUT2D eigenvalue weighted by molar-refractivity contribution is -0.136. The molecule has 3 aromatic rings. The number of ether oxygens (including phenoxy) is 1. The zero-order valence-corrected chi connectivity index (χ0v) is 20.0. The lowest BCUT2D eigenvalue weighted by Gasteiger charge is -2.44. The van der Waals surface area contributed by atoms with E-state index in [-0.39, 0.29) is 6.10 Å². The number of aromatic nitrogens is 1. The summed E-state index contributed by atoms with van der Waals surface area (Å²) in [7, 11) is 0. The van der Waals surface area contributed by atoms with E-state index in [1.807, 2.05) is 6.07 Å². The minimum Gasteiger partial charge on any atom is -0.370 e. The van der Waals surface area contributed by atoms with Gasteiger partial charge in [0.15, 0.2) is 0 Å². The van der Waals surface area contributed by atoms with Gasteiger partial charge in [0.2, 0.25) is 5.95 Å². The SMILES string of the molecule is CCC1OC(c2ccc(Cl)c(Cc3ccc(-c4ccc(F)nc4)s3)c2)C(C)C(C)C1C. The first-order valence-electron chi connectivity index (χ1n) is 11.0. The highest BCUT2D eigenvalue weighted by Gasteiger charge is 2.38. The maximum atomic E-state index is 13.1. The number of hydrogen-bond donors (Lipinski definition) is 0. The van der Waals surface area contributed by atoms with Crippen molar-refractivity contribution in [3.05, 3.63) is 75.6 Å². The Kier molecular flexibility index (Phi) is 6.80. The number of hydrogen-bond acceptors (Lipinski definition) is 3. The zero-order chi connectivity index (χ0) is 22.1. The van der Waals surface area contributed by atoms with E-state index in [0.29, 0.717) is 23.9 Å². The van der Waals surface area contributed by atoms with Gasteiger partial charge in [-0.3, -0.25) is 0 Å². The van der Waals surface area contributed by atoms with Gasteiger partial charge < -0.3 is 4.74 Å². The van der Waals surface area contributed by atoms with Crippen molar-refractivity contribution in [2.45, 2.75) is 52.7 Å². The normalized spacial score (nSPS) is 26.2. The van der Waals surface area contributed by atoms with Crippen molar-refractivity contribution in [1.82, 2.24) is 4.98 Å². The first-order valence-corrected chi connectivity index (χ1v) is 12.2. The number of rotatable bonds is 5. The van der Waals surface area contributed by atoms with Crippen LogP contribution in [0.15, 0.2) is 48.7 Å². The van der Waals surface area contributed by atoms with Crippen molar-refractivity contribution >= 4 is 22.9 Å². The van der Waals surface area contributed by atoms with Crippen LogP contribution < -0.4 is 0 Å². The van der Waals surface area contributed by atoms with Gasteiger partial charge in [-0.25, -0.2) is 4.98 Å². The third-order valence-electron chi connectivity index (χ3n) is 6.88. The number of thiophene rings is 1. The summed E-state index contributed by atoms with van der Waals surface area (Å²) >= 11 is 8.27. The summed E-state index contributed by atoms with van der Waals surface area (Å²) in [6, 6.07) is 13.7. The molecule has 0 amide bonds. The molecule has 1 aliphatic heterocycles. The third-order valence-corrected chi connectivity index (χ3v) is 8.39. The van der Waals surface area contributed by atoms with Crippen LogP contribution in [0.1, 0.15) is 56.2 Å². The summed E-state index contributed by atoms with van der Waals surface area (Å²) in [6.07, 6.45) is 3.75. The van der Waals surface area contributed by atoms with Crippen LogP contribution in [0.2, 0.25) is 5.02 Å². The number of benzene rings is 1. The van der Waals surface area contributed by atoms with E-state index in [4.69, 9.17) is 16.3 Å². The average molecular weight is 458 g/mol. The average Bonchev–Trinajstić information content (AvgIpc) is 3.23. The fraction of sp³-hybridized carbons (Fsp3) is 0.423. The first kappa shape index (κ1) is 22.4. The van der Waals surface area contributed by atoms with Crippen LogP contribution in [0.25, 0.3) is 10.4 Å². The van der Waals surface area contributed by atoms with Gasteiger partial charge >= 0.3 is 0 Å². The molecule has 2 nitrogen and oxygen atoms in total. The number of nitrogens with zero attached hydrogens (tertiary/aromatic N) is 1. The van der Waals surface area contributed by atoms with Gasteiger partial charge in [-0.05, 0) is 65.6 Å². The number of pyridine rings is 1. The van der Waals surface area contributed by atoms with Crippen LogP contribution >= 0.6 is 22.9 Å². The molecule has 0 spiro atoms. The Bertz CT molecular complexity index is 1030. The van der Waals surface area contributed by atoms with E-state index in [1.54, 1.807) is 23.6 Å². The van der Waals surface area contributed by atoms with Crippen molar-refractivity contribution in [3.8, 4) is 10.4 Å². The largest absolute Gasteiger partial charge is 0.370 e. The van der Waals surface area contributed by atoms with Gasteiger partial charge in [-0.15, -0.1) is 11.3 Å². The molecule has 0 N–H and O–H groups in total. The van der Waals surface area contributed by atoms with E-state index in [9.17, 15) is 4.39 Å². The maximum Gasteiger partial charge on any atom is 0.212 e. The van der Waals surface area contributed by atoms with Crippen LogP contribution in [0.5, 0.6) is 0 Å². The second-order valence-electron chi connectivity index (χ2n) is 8.74. The highest BCUT2D eigenvalue weighted by atomic mass is 35.5. The van der Waals surface area contributed by atoms with Gasteiger partial charge in [0.05, 0.1) is 12.2 Å². The van der Waals surface area contributed by atoms with E-state index >= 15 is 0 Å². The second-order valence-corrected chi connectivity index (χ2v) is 10.3. The van der Waals surface area contributed by atoms with E-state index in [2.05, 4.69) is 56.9 Å². The molecule has 5 atom stereocenters. The molecular formula is C26H29ClFNOS. The Morgan fingerprint density at radius 1 is 1.03 bits per heavy atom. The molecule has 0 saturated carbocycles. The predicted molar refractivity (Wildman–Crippen MR) is 127 cm³/mol. The highest BCUT2D eigenvalue weighted by Crippen LogP contribution is 2.44. The van der Waals surface area contributed by atoms with Crippen LogP contribution in [-0.4, -0.2) is 11.1 Å². The topological polar surface area (TPSA) is 22.1 Å². The van der Waals surface area contributed by atoms with Gasteiger partial charge in [0.1, 0.15) is 0 Å². The summed E-state index contributed by atoms with van der Waals surface area (Å²) in [4.78, 5) is 6.05. The van der Waals surface area contributed by atoms with Crippen LogP contribution in [0.3, 0.4) is 0 Å². The standard InChI is InChI=1S/C26H29ClFNOS/c1-5-23-16(3)15(2)17(4)26(30-23)18-6-9-22(27)20(12-18)13-21-8-10-24(31-21)19-7-11-25(28)29-14-19/h6-12,14-17,23,26H,5,13H2,1-4H3. The zero-order valence-electron chi connectivity index (χ0n) is 18.4. The summed E-state index contributed by atoms with van der Waals surface area (Å²) in [6.45, 7) is 9.17. The molecule has 164 valence electrons. The third kappa shape index (κ3) is 4.72. The van der Waals surface area contributed by atoms with Crippen molar-refractivity contribution in [1.29, 1.82) is 0 Å². The first-order chi connectivity index (χ1) is 14.9. The second kappa shape index (κ2) is 9.40. The predicted octanol–water partition coefficient (Wildman–Crippen LogP) is 7.95. The molecular weight excluding hydrogens is 429 g/mol. The Hall–Kier alpha value is -1.75. The van der Waals surface area contributed by atoms with Crippen molar-refractivity contribution in [3.63, 3.8) is 0 Å². The fourth-order valence-corrected chi connectivity index (χ4v) is 5.83. The Morgan fingerprint density at radius 2 is 1.84 bits per heavy atom. The summed E-state index contributed by atoms with van der Waals surface area (Å²) in [5.41, 5.74) is 3.25. The Morgan fingerprint density at radius 3 is 2.55 bits per heavy atom. The summed E-state index contributed by atoms with van der Waals surface area (Å²) in [5, 5.41) is 0.777. The van der Waals surface area contributed by atoms with Gasteiger partial charge in [0.25, 0.3) is 0 Å². The minimum absolute atomic E-state index is 0.0938. The number of halogens is 2. The molecule has 5 heteroatoms. The molecule has 1 aromatic carbocycles. The molecule has 2 aromatic heterocycles. The lowest BCUT2D eigenvalue weighted by atomic mass is 9.74. The van der Waals surface area contributed by atoms with Crippen LogP contribution in [0, 0.1) is 23.7 Å². The molecule has 0 radical (unpaired) electrons. The molecule has 31 heavy (non-hydrogen) atoms. The van der Waals surface area contributed by atoms with Gasteiger partial charge in [-0.2, -0.15) is 4.39 Å². The Labute approximate surface area is 193 Å². The van der Waals surface area contributed by atoms with Gasteiger partial charge in [0, 0.05) is 33.0 Å². The summed E-state index contributed by atoms with van der Waals surface area (Å²) < 4.78 is 19.7. The van der Waals surface area contributed by atoms with Crippen LogP contribution in [0.4, 0.5) is 4.39 Å². The summed E-state index contributed by atoms with van der Waals surface area (Å²) in [5.74, 6) is 1.16. The van der Waals surface area contributed by atoms with Crippen molar-refractivity contribution in [2.24, 2.45) is 17.8 Å². The minimum atomic E-state index is -0.461. The molecule has 1 fully saturated rings. The van der Waals surface area contributed by atoms with Gasteiger partial charge in [-0.1, -0.05) is 51.4 Å². The maximum absolute atomic E-state index is 13.1. The molecule has 1 saturated heterocycles. The molecule has 4 rings (SSSR count). The van der Waals surface area contributed by atoms with E-state index in [1.165, 1.54) is 16.5 Å². The fourth-order valence-electron chi connectivity index (χ4n) is 4.62. The van der Waals surface area contributed by atoms with Crippen LogP contribution in [-0.2, 0) is 11.2 Å². The highest BCUT2D eigenvalue weighted by molar-refractivity contribution is 7.15. The van der Waals surface area contributed by atoms with Crippen molar-refractivity contribution < 1.29 is 9.13 Å². The molecule has 0 aliphatic carbocycles.